The highest BCUT2D eigenvalue weighted by Gasteiger charge is 2.20. The fraction of sp³-hybridized carbons (Fsp3) is 0.120. The molecule has 2 heterocycles. The van der Waals surface area contributed by atoms with E-state index in [-0.39, 0.29) is 11.8 Å². The standard InChI is InChI=1S/C25H22N6O2/c1-33-20-11-9-17(10-12-20)22(23-15-26-24-8-3-2-7-21(23)24)14-27-25(32)18-5-4-6-19(13-18)31-16-28-29-30-31/h2-13,15-16,22,26H,14H2,1H3,(H,27,32). The Morgan fingerprint density at radius 1 is 1.09 bits per heavy atom. The van der Waals surface area contributed by atoms with Gasteiger partial charge in [0.2, 0.25) is 0 Å². The zero-order valence-corrected chi connectivity index (χ0v) is 18.0. The van der Waals surface area contributed by atoms with Gasteiger partial charge < -0.3 is 15.0 Å². The van der Waals surface area contributed by atoms with E-state index < -0.39 is 0 Å². The van der Waals surface area contributed by atoms with Gasteiger partial charge in [-0.3, -0.25) is 4.79 Å². The van der Waals surface area contributed by atoms with Crippen molar-refractivity contribution in [1.82, 2.24) is 30.5 Å². The van der Waals surface area contributed by atoms with Gasteiger partial charge >= 0.3 is 0 Å². The highest BCUT2D eigenvalue weighted by Crippen LogP contribution is 2.31. The van der Waals surface area contributed by atoms with Crippen LogP contribution in [0.2, 0.25) is 0 Å². The van der Waals surface area contributed by atoms with Crippen LogP contribution in [0.15, 0.2) is 85.3 Å². The molecule has 0 saturated heterocycles. The smallest absolute Gasteiger partial charge is 0.251 e. The van der Waals surface area contributed by atoms with E-state index in [0.717, 1.165) is 33.5 Å². The second-order valence-electron chi connectivity index (χ2n) is 7.63. The molecule has 1 atom stereocenters. The first kappa shape index (κ1) is 20.4. The van der Waals surface area contributed by atoms with Crippen molar-refractivity contribution in [2.45, 2.75) is 5.92 Å². The van der Waals surface area contributed by atoms with Gasteiger partial charge in [-0.1, -0.05) is 36.4 Å². The Morgan fingerprint density at radius 2 is 1.94 bits per heavy atom. The highest BCUT2D eigenvalue weighted by atomic mass is 16.5. The molecule has 5 rings (SSSR count). The molecule has 164 valence electrons. The highest BCUT2D eigenvalue weighted by molar-refractivity contribution is 5.95. The Labute approximate surface area is 190 Å². The summed E-state index contributed by atoms with van der Waals surface area (Å²) in [6.45, 7) is 0.433. The summed E-state index contributed by atoms with van der Waals surface area (Å²) in [7, 11) is 1.65. The molecule has 1 amide bonds. The second kappa shape index (κ2) is 8.96. The lowest BCUT2D eigenvalue weighted by Gasteiger charge is -2.19. The van der Waals surface area contributed by atoms with Crippen LogP contribution in [-0.2, 0) is 0 Å². The number of para-hydroxylation sites is 1. The van der Waals surface area contributed by atoms with Crippen molar-refractivity contribution < 1.29 is 9.53 Å². The summed E-state index contributed by atoms with van der Waals surface area (Å²) in [6.07, 6.45) is 3.51. The Balaban J connectivity index is 1.43. The number of nitrogens with one attached hydrogen (secondary N) is 2. The first-order chi connectivity index (χ1) is 16.2. The molecule has 1 unspecified atom stereocenters. The minimum Gasteiger partial charge on any atom is -0.497 e. The number of amides is 1. The summed E-state index contributed by atoms with van der Waals surface area (Å²) in [6, 6.07) is 23.3. The van der Waals surface area contributed by atoms with E-state index in [4.69, 9.17) is 4.74 Å². The second-order valence-corrected chi connectivity index (χ2v) is 7.63. The number of tetrazole rings is 1. The van der Waals surface area contributed by atoms with E-state index in [2.05, 4.69) is 31.9 Å². The maximum absolute atomic E-state index is 13.0. The first-order valence-corrected chi connectivity index (χ1v) is 10.5. The fourth-order valence-corrected chi connectivity index (χ4v) is 3.99. The van der Waals surface area contributed by atoms with E-state index in [0.29, 0.717) is 12.1 Å². The molecule has 0 fully saturated rings. The molecule has 3 aromatic carbocycles. The number of hydrogen-bond donors (Lipinski definition) is 2. The third kappa shape index (κ3) is 4.18. The van der Waals surface area contributed by atoms with Gasteiger partial charge in [-0.2, -0.15) is 0 Å². The zero-order chi connectivity index (χ0) is 22.6. The van der Waals surface area contributed by atoms with E-state index >= 15 is 0 Å². The Morgan fingerprint density at radius 3 is 2.73 bits per heavy atom. The molecule has 33 heavy (non-hydrogen) atoms. The topological polar surface area (TPSA) is 97.7 Å². The summed E-state index contributed by atoms with van der Waals surface area (Å²) >= 11 is 0. The number of aromatic nitrogens is 5. The van der Waals surface area contributed by atoms with Gasteiger partial charge in [0, 0.05) is 35.1 Å². The first-order valence-electron chi connectivity index (χ1n) is 10.5. The van der Waals surface area contributed by atoms with Gasteiger partial charge in [-0.15, -0.1) is 5.10 Å². The van der Waals surface area contributed by atoms with E-state index in [1.54, 1.807) is 19.2 Å². The van der Waals surface area contributed by atoms with Crippen LogP contribution in [0.3, 0.4) is 0 Å². The van der Waals surface area contributed by atoms with Crippen LogP contribution in [0.1, 0.15) is 27.4 Å². The molecule has 2 aromatic heterocycles. The Bertz CT molecular complexity index is 1380. The lowest BCUT2D eigenvalue weighted by Crippen LogP contribution is -2.29. The number of ether oxygens (including phenoxy) is 1. The van der Waals surface area contributed by atoms with Gasteiger partial charge in [0.05, 0.1) is 12.8 Å². The lowest BCUT2D eigenvalue weighted by molar-refractivity contribution is 0.0952. The number of carbonyl (C=O) groups excluding carboxylic acids is 1. The Kier molecular flexibility index (Phi) is 5.55. The number of benzene rings is 3. The molecule has 0 radical (unpaired) electrons. The average molecular weight is 438 g/mol. The van der Waals surface area contributed by atoms with Crippen molar-refractivity contribution in [3.8, 4) is 11.4 Å². The summed E-state index contributed by atoms with van der Waals surface area (Å²) in [5.41, 5.74) is 4.53. The average Bonchev–Trinajstić information content (AvgIpc) is 3.55. The molecule has 5 aromatic rings. The number of carbonyl (C=O) groups is 1. The van der Waals surface area contributed by atoms with Crippen LogP contribution in [-0.4, -0.2) is 44.8 Å². The van der Waals surface area contributed by atoms with Gasteiger partial charge in [-0.05, 0) is 58.0 Å². The number of fused-ring (bicyclic) bond motifs is 1. The van der Waals surface area contributed by atoms with Crippen LogP contribution in [0, 0.1) is 0 Å². The zero-order valence-electron chi connectivity index (χ0n) is 18.0. The SMILES string of the molecule is COc1ccc(C(CNC(=O)c2cccc(-n3cnnn3)c2)c2c[nH]c3ccccc23)cc1. The van der Waals surface area contributed by atoms with Crippen molar-refractivity contribution >= 4 is 16.8 Å². The van der Waals surface area contributed by atoms with Gasteiger partial charge in [0.1, 0.15) is 12.1 Å². The number of methoxy groups -OCH3 is 1. The van der Waals surface area contributed by atoms with Crippen molar-refractivity contribution in [2.75, 3.05) is 13.7 Å². The normalized spacial score (nSPS) is 11.9. The number of H-pyrrole nitrogens is 1. The molecule has 0 saturated carbocycles. The summed E-state index contributed by atoms with van der Waals surface area (Å²) in [4.78, 5) is 16.4. The minimum atomic E-state index is -0.164. The molecule has 8 heteroatoms. The Hall–Kier alpha value is -4.46. The number of nitrogens with zero attached hydrogens (tertiary/aromatic N) is 4. The van der Waals surface area contributed by atoms with Crippen molar-refractivity contribution in [1.29, 1.82) is 0 Å². The van der Waals surface area contributed by atoms with Crippen LogP contribution in [0.25, 0.3) is 16.6 Å². The number of rotatable bonds is 7. The minimum absolute atomic E-state index is 0.0429. The summed E-state index contributed by atoms with van der Waals surface area (Å²) < 4.78 is 6.83. The molecule has 0 bridgehead atoms. The van der Waals surface area contributed by atoms with Gasteiger partial charge in [-0.25, -0.2) is 4.68 Å². The summed E-state index contributed by atoms with van der Waals surface area (Å²) in [5.74, 6) is 0.585. The quantitative estimate of drug-likeness (QED) is 0.404. The predicted octanol–water partition coefficient (Wildman–Crippen LogP) is 3.71. The van der Waals surface area contributed by atoms with Crippen molar-refractivity contribution in [3.05, 3.63) is 102 Å². The number of hydrogen-bond acceptors (Lipinski definition) is 5. The summed E-state index contributed by atoms with van der Waals surface area (Å²) in [5, 5.41) is 15.4. The molecule has 0 spiro atoms. The number of aromatic amines is 1. The van der Waals surface area contributed by atoms with E-state index in [1.165, 1.54) is 11.0 Å². The van der Waals surface area contributed by atoms with Gasteiger partial charge in [0.25, 0.3) is 5.91 Å². The van der Waals surface area contributed by atoms with Crippen LogP contribution < -0.4 is 10.1 Å². The van der Waals surface area contributed by atoms with Crippen LogP contribution in [0.4, 0.5) is 0 Å². The van der Waals surface area contributed by atoms with Crippen molar-refractivity contribution in [3.63, 3.8) is 0 Å². The fourth-order valence-electron chi connectivity index (χ4n) is 3.99. The van der Waals surface area contributed by atoms with Crippen molar-refractivity contribution in [2.24, 2.45) is 0 Å². The molecule has 8 nitrogen and oxygen atoms in total. The molecule has 0 aliphatic carbocycles. The third-order valence-electron chi connectivity index (χ3n) is 5.70. The molecule has 2 N–H and O–H groups in total. The molecular weight excluding hydrogens is 416 g/mol. The lowest BCUT2D eigenvalue weighted by atomic mass is 9.90. The maximum Gasteiger partial charge on any atom is 0.251 e. The molecule has 0 aliphatic rings. The third-order valence-corrected chi connectivity index (χ3v) is 5.70. The maximum atomic E-state index is 13.0. The molecular formula is C25H22N6O2. The largest absolute Gasteiger partial charge is 0.497 e. The van der Waals surface area contributed by atoms with Crippen LogP contribution >= 0.6 is 0 Å². The monoisotopic (exact) mass is 438 g/mol. The molecule has 0 aliphatic heterocycles. The van der Waals surface area contributed by atoms with Crippen LogP contribution in [0.5, 0.6) is 5.75 Å². The van der Waals surface area contributed by atoms with E-state index in [1.807, 2.05) is 60.8 Å². The van der Waals surface area contributed by atoms with E-state index in [9.17, 15) is 4.79 Å². The predicted molar refractivity (Wildman–Crippen MR) is 125 cm³/mol. The van der Waals surface area contributed by atoms with Gasteiger partial charge in [0.15, 0.2) is 0 Å².